The first kappa shape index (κ1) is 14.1. The zero-order chi connectivity index (χ0) is 15.0. The highest BCUT2D eigenvalue weighted by Crippen LogP contribution is 2.34. The summed E-state index contributed by atoms with van der Waals surface area (Å²) in [4.78, 5) is 26.3. The Balaban J connectivity index is 2.11. The summed E-state index contributed by atoms with van der Waals surface area (Å²) in [5.41, 5.74) is -0.449. The Labute approximate surface area is 129 Å². The second kappa shape index (κ2) is 5.52. The SMILES string of the molecule is O=c1[nH]c(=O)n(CCC2CC2)c(O)c1-c1ccccc1Br. The molecule has 0 atom stereocenters. The predicted molar refractivity (Wildman–Crippen MR) is 83.5 cm³/mol. The van der Waals surface area contributed by atoms with E-state index in [1.807, 2.05) is 6.07 Å². The lowest BCUT2D eigenvalue weighted by Crippen LogP contribution is -2.31. The molecule has 1 heterocycles. The first-order valence-corrected chi connectivity index (χ1v) is 7.68. The highest BCUT2D eigenvalue weighted by molar-refractivity contribution is 9.10. The summed E-state index contributed by atoms with van der Waals surface area (Å²) in [5.74, 6) is 0.367. The maximum atomic E-state index is 12.1. The predicted octanol–water partition coefficient (Wildman–Crippen LogP) is 2.47. The van der Waals surface area contributed by atoms with Gasteiger partial charge in [0.05, 0.1) is 0 Å². The lowest BCUT2D eigenvalue weighted by molar-refractivity contribution is 0.395. The van der Waals surface area contributed by atoms with E-state index in [-0.39, 0.29) is 11.4 Å². The second-order valence-electron chi connectivity index (χ2n) is 5.32. The Morgan fingerprint density at radius 2 is 2.00 bits per heavy atom. The number of benzene rings is 1. The Morgan fingerprint density at radius 3 is 2.67 bits per heavy atom. The van der Waals surface area contributed by atoms with Gasteiger partial charge in [-0.2, -0.15) is 0 Å². The van der Waals surface area contributed by atoms with E-state index in [4.69, 9.17) is 0 Å². The molecule has 21 heavy (non-hydrogen) atoms. The number of nitrogens with zero attached hydrogens (tertiary/aromatic N) is 1. The second-order valence-corrected chi connectivity index (χ2v) is 6.18. The van der Waals surface area contributed by atoms with Crippen molar-refractivity contribution in [3.05, 3.63) is 49.6 Å². The van der Waals surface area contributed by atoms with Crippen molar-refractivity contribution >= 4 is 15.9 Å². The van der Waals surface area contributed by atoms with Gasteiger partial charge < -0.3 is 5.11 Å². The van der Waals surface area contributed by atoms with Crippen LogP contribution >= 0.6 is 15.9 Å². The number of aromatic nitrogens is 2. The van der Waals surface area contributed by atoms with Crippen molar-refractivity contribution < 1.29 is 5.11 Å². The molecule has 110 valence electrons. The molecule has 1 fully saturated rings. The Hall–Kier alpha value is -1.82. The third-order valence-corrected chi connectivity index (χ3v) is 4.46. The monoisotopic (exact) mass is 350 g/mol. The molecule has 2 aromatic rings. The normalized spacial score (nSPS) is 14.3. The van der Waals surface area contributed by atoms with Crippen molar-refractivity contribution in [1.29, 1.82) is 0 Å². The number of H-pyrrole nitrogens is 1. The highest BCUT2D eigenvalue weighted by Gasteiger charge is 2.23. The van der Waals surface area contributed by atoms with Crippen molar-refractivity contribution in [3.8, 4) is 17.0 Å². The highest BCUT2D eigenvalue weighted by atomic mass is 79.9. The molecule has 0 unspecified atom stereocenters. The average Bonchev–Trinajstić information content (AvgIpc) is 3.24. The van der Waals surface area contributed by atoms with Crippen LogP contribution in [-0.4, -0.2) is 14.7 Å². The molecule has 1 aromatic carbocycles. The minimum Gasteiger partial charge on any atom is -0.494 e. The van der Waals surface area contributed by atoms with Crippen molar-refractivity contribution in [1.82, 2.24) is 9.55 Å². The van der Waals surface area contributed by atoms with E-state index in [1.54, 1.807) is 18.2 Å². The van der Waals surface area contributed by atoms with Crippen LogP contribution in [0, 0.1) is 5.92 Å². The van der Waals surface area contributed by atoms with E-state index in [1.165, 1.54) is 17.4 Å². The van der Waals surface area contributed by atoms with Gasteiger partial charge in [0.15, 0.2) is 0 Å². The van der Waals surface area contributed by atoms with Crippen LogP contribution in [-0.2, 0) is 6.54 Å². The number of aromatic amines is 1. The van der Waals surface area contributed by atoms with Gasteiger partial charge in [-0.25, -0.2) is 4.79 Å². The van der Waals surface area contributed by atoms with Crippen LogP contribution in [0.3, 0.4) is 0 Å². The molecule has 0 amide bonds. The van der Waals surface area contributed by atoms with E-state index in [0.29, 0.717) is 22.5 Å². The van der Waals surface area contributed by atoms with Gasteiger partial charge in [-0.1, -0.05) is 47.0 Å². The topological polar surface area (TPSA) is 75.1 Å². The van der Waals surface area contributed by atoms with Crippen molar-refractivity contribution in [2.24, 2.45) is 5.92 Å². The third kappa shape index (κ3) is 2.81. The van der Waals surface area contributed by atoms with Crippen LogP contribution in [0.1, 0.15) is 19.3 Å². The molecule has 5 nitrogen and oxygen atoms in total. The number of aromatic hydroxyl groups is 1. The van der Waals surface area contributed by atoms with Gasteiger partial charge in [0, 0.05) is 16.6 Å². The number of hydrogen-bond donors (Lipinski definition) is 2. The zero-order valence-electron chi connectivity index (χ0n) is 11.3. The van der Waals surface area contributed by atoms with Crippen LogP contribution in [0.25, 0.3) is 11.1 Å². The number of hydrogen-bond acceptors (Lipinski definition) is 3. The maximum absolute atomic E-state index is 12.1. The smallest absolute Gasteiger partial charge is 0.331 e. The van der Waals surface area contributed by atoms with Gasteiger partial charge in [-0.05, 0) is 18.4 Å². The first-order valence-electron chi connectivity index (χ1n) is 6.89. The molecule has 6 heteroatoms. The van der Waals surface area contributed by atoms with Crippen molar-refractivity contribution in [2.75, 3.05) is 0 Å². The standard InChI is InChI=1S/C15H15BrN2O3/c16-11-4-2-1-3-10(11)12-13(19)17-15(21)18(14(12)20)8-7-9-5-6-9/h1-4,9,20H,5-8H2,(H,17,19,21). The van der Waals surface area contributed by atoms with E-state index >= 15 is 0 Å². The lowest BCUT2D eigenvalue weighted by Gasteiger charge is -2.12. The van der Waals surface area contributed by atoms with Gasteiger partial charge in [0.25, 0.3) is 5.56 Å². The summed E-state index contributed by atoms with van der Waals surface area (Å²) in [6, 6.07) is 7.11. The van der Waals surface area contributed by atoms with E-state index < -0.39 is 11.2 Å². The van der Waals surface area contributed by atoms with Gasteiger partial charge >= 0.3 is 5.69 Å². The van der Waals surface area contributed by atoms with Crippen molar-refractivity contribution in [3.63, 3.8) is 0 Å². The minimum atomic E-state index is -0.577. The molecule has 2 N–H and O–H groups in total. The Morgan fingerprint density at radius 1 is 1.29 bits per heavy atom. The van der Waals surface area contributed by atoms with E-state index in [0.717, 1.165) is 6.42 Å². The summed E-state index contributed by atoms with van der Waals surface area (Å²) in [6.45, 7) is 0.420. The molecule has 0 spiro atoms. The molecule has 0 saturated heterocycles. The molecule has 0 bridgehead atoms. The average molecular weight is 351 g/mol. The largest absolute Gasteiger partial charge is 0.494 e. The molecule has 3 rings (SSSR count). The van der Waals surface area contributed by atoms with Gasteiger partial charge in [-0.15, -0.1) is 0 Å². The number of nitrogens with one attached hydrogen (secondary N) is 1. The molecular weight excluding hydrogens is 336 g/mol. The number of rotatable bonds is 4. The summed E-state index contributed by atoms with van der Waals surface area (Å²) < 4.78 is 1.94. The Bertz CT molecular complexity index is 790. The molecule has 1 aliphatic rings. The zero-order valence-corrected chi connectivity index (χ0v) is 12.9. The molecule has 0 aliphatic heterocycles. The fraction of sp³-hybridized carbons (Fsp3) is 0.333. The Kier molecular flexibility index (Phi) is 3.71. The molecule has 1 saturated carbocycles. The molecular formula is C15H15BrN2O3. The van der Waals surface area contributed by atoms with E-state index in [9.17, 15) is 14.7 Å². The van der Waals surface area contributed by atoms with E-state index in [2.05, 4.69) is 20.9 Å². The molecule has 1 aromatic heterocycles. The van der Waals surface area contributed by atoms with Crippen molar-refractivity contribution in [2.45, 2.75) is 25.8 Å². The van der Waals surface area contributed by atoms with Crippen LogP contribution < -0.4 is 11.2 Å². The summed E-state index contributed by atoms with van der Waals surface area (Å²) in [6.07, 6.45) is 3.20. The molecule has 0 radical (unpaired) electrons. The fourth-order valence-electron chi connectivity index (χ4n) is 2.39. The van der Waals surface area contributed by atoms with Crippen LogP contribution in [0.15, 0.2) is 38.3 Å². The third-order valence-electron chi connectivity index (χ3n) is 3.77. The maximum Gasteiger partial charge on any atom is 0.331 e. The van der Waals surface area contributed by atoms with Gasteiger partial charge in [0.2, 0.25) is 5.88 Å². The van der Waals surface area contributed by atoms with Crippen LogP contribution in [0.2, 0.25) is 0 Å². The summed E-state index contributed by atoms with van der Waals surface area (Å²) >= 11 is 3.37. The summed E-state index contributed by atoms with van der Waals surface area (Å²) in [5, 5.41) is 10.4. The summed E-state index contributed by atoms with van der Waals surface area (Å²) in [7, 11) is 0. The fourth-order valence-corrected chi connectivity index (χ4v) is 2.88. The first-order chi connectivity index (χ1) is 10.1. The number of halogens is 1. The van der Waals surface area contributed by atoms with Gasteiger partial charge in [0.1, 0.15) is 5.56 Å². The van der Waals surface area contributed by atoms with Crippen LogP contribution in [0.5, 0.6) is 5.88 Å². The van der Waals surface area contributed by atoms with Gasteiger partial charge in [-0.3, -0.25) is 14.3 Å². The molecule has 1 aliphatic carbocycles. The quantitative estimate of drug-likeness (QED) is 0.889. The minimum absolute atomic E-state index is 0.123. The van der Waals surface area contributed by atoms with Crippen LogP contribution in [0.4, 0.5) is 0 Å². The lowest BCUT2D eigenvalue weighted by atomic mass is 10.1.